The van der Waals surface area contributed by atoms with Gasteiger partial charge in [0, 0.05) is 25.6 Å². The molecule has 0 saturated carbocycles. The highest BCUT2D eigenvalue weighted by Gasteiger charge is 2.28. The number of nitrogens with zero attached hydrogens (tertiary/aromatic N) is 1. The fourth-order valence-corrected chi connectivity index (χ4v) is 4.80. The summed E-state index contributed by atoms with van der Waals surface area (Å²) in [4.78, 5) is 12.0. The third kappa shape index (κ3) is 7.05. The van der Waals surface area contributed by atoms with E-state index in [0.29, 0.717) is 38.9 Å². The summed E-state index contributed by atoms with van der Waals surface area (Å²) < 4.78 is 26.6. The largest absolute Gasteiger partial charge is 0.353 e. The van der Waals surface area contributed by atoms with Gasteiger partial charge in [0.25, 0.3) is 0 Å². The van der Waals surface area contributed by atoms with Crippen LogP contribution < -0.4 is 11.1 Å². The van der Waals surface area contributed by atoms with Crippen molar-refractivity contribution in [3.05, 3.63) is 35.9 Å². The Morgan fingerprint density at radius 1 is 1.08 bits per heavy atom. The van der Waals surface area contributed by atoms with Gasteiger partial charge in [0.1, 0.15) is 0 Å². The molecule has 0 radical (unpaired) electrons. The van der Waals surface area contributed by atoms with E-state index in [1.54, 1.807) is 4.31 Å². The third-order valence-corrected chi connectivity index (χ3v) is 6.61. The molecule has 1 aliphatic heterocycles. The highest BCUT2D eigenvalue weighted by Crippen LogP contribution is 2.18. The van der Waals surface area contributed by atoms with Crippen LogP contribution in [-0.2, 0) is 20.6 Å². The second-order valence-electron chi connectivity index (χ2n) is 6.94. The molecular formula is C19H31N3O3S. The number of piperidine rings is 1. The number of sulfonamides is 1. The van der Waals surface area contributed by atoms with Gasteiger partial charge in [-0.25, -0.2) is 12.7 Å². The predicted molar refractivity (Wildman–Crippen MR) is 104 cm³/mol. The maximum atomic E-state index is 12.5. The summed E-state index contributed by atoms with van der Waals surface area (Å²) in [7, 11) is -3.30. The minimum Gasteiger partial charge on any atom is -0.353 e. The van der Waals surface area contributed by atoms with Crippen LogP contribution in [0.3, 0.4) is 0 Å². The molecule has 0 spiro atoms. The normalized spacial score (nSPS) is 16.5. The van der Waals surface area contributed by atoms with Crippen LogP contribution in [0.15, 0.2) is 30.3 Å². The van der Waals surface area contributed by atoms with E-state index in [0.717, 1.165) is 31.2 Å². The molecule has 7 heteroatoms. The number of nitrogens with two attached hydrogens (primary N) is 1. The third-order valence-electron chi connectivity index (χ3n) is 4.76. The Kier molecular flexibility index (Phi) is 8.54. The van der Waals surface area contributed by atoms with Crippen molar-refractivity contribution in [3.8, 4) is 0 Å². The highest BCUT2D eigenvalue weighted by atomic mass is 32.2. The number of unbranched alkanes of at least 4 members (excludes halogenated alkanes) is 3. The second-order valence-corrected chi connectivity index (χ2v) is 8.90. The van der Waals surface area contributed by atoms with Gasteiger partial charge in [-0.1, -0.05) is 43.2 Å². The molecule has 1 saturated heterocycles. The van der Waals surface area contributed by atoms with Gasteiger partial charge >= 0.3 is 0 Å². The molecule has 1 aliphatic rings. The van der Waals surface area contributed by atoms with Gasteiger partial charge < -0.3 is 11.1 Å². The first-order chi connectivity index (χ1) is 12.5. The lowest BCUT2D eigenvalue weighted by molar-refractivity contribution is -0.122. The fraction of sp³-hybridized carbons (Fsp3) is 0.632. The molecule has 3 N–H and O–H groups in total. The lowest BCUT2D eigenvalue weighted by atomic mass is 10.1. The van der Waals surface area contributed by atoms with Crippen molar-refractivity contribution in [2.24, 2.45) is 5.73 Å². The zero-order valence-corrected chi connectivity index (χ0v) is 16.2. The first-order valence-corrected chi connectivity index (χ1v) is 11.1. The zero-order chi connectivity index (χ0) is 18.8. The molecule has 26 heavy (non-hydrogen) atoms. The van der Waals surface area contributed by atoms with Crippen LogP contribution in [0.5, 0.6) is 0 Å². The SMILES string of the molecule is NCCCCCCC(=O)NC1CCN(S(=O)(=O)Cc2ccccc2)CC1. The fourth-order valence-electron chi connectivity index (χ4n) is 3.24. The van der Waals surface area contributed by atoms with E-state index in [2.05, 4.69) is 5.32 Å². The maximum absolute atomic E-state index is 12.5. The minimum atomic E-state index is -3.30. The molecule has 1 aromatic carbocycles. The van der Waals surface area contributed by atoms with Crippen LogP contribution in [-0.4, -0.2) is 44.3 Å². The average molecular weight is 382 g/mol. The molecule has 0 bridgehead atoms. The topological polar surface area (TPSA) is 92.5 Å². The molecule has 146 valence electrons. The quantitative estimate of drug-likeness (QED) is 0.606. The molecule has 6 nitrogen and oxygen atoms in total. The molecule has 1 aromatic rings. The van der Waals surface area contributed by atoms with Gasteiger partial charge in [-0.2, -0.15) is 0 Å². The summed E-state index contributed by atoms with van der Waals surface area (Å²) in [5.41, 5.74) is 6.26. The van der Waals surface area contributed by atoms with Crippen LogP contribution in [0.2, 0.25) is 0 Å². The van der Waals surface area contributed by atoms with E-state index in [9.17, 15) is 13.2 Å². The minimum absolute atomic E-state index is 0.0354. The Bertz CT molecular complexity index is 641. The van der Waals surface area contributed by atoms with Gasteiger partial charge in [0.05, 0.1) is 5.75 Å². The molecule has 0 atom stereocenters. The van der Waals surface area contributed by atoms with Crippen molar-refractivity contribution in [1.29, 1.82) is 0 Å². The Labute approximate surface area is 157 Å². The number of hydrogen-bond donors (Lipinski definition) is 2. The molecular weight excluding hydrogens is 350 g/mol. The molecule has 0 unspecified atom stereocenters. The zero-order valence-electron chi connectivity index (χ0n) is 15.4. The lowest BCUT2D eigenvalue weighted by Gasteiger charge is -2.31. The average Bonchev–Trinajstić information content (AvgIpc) is 2.62. The van der Waals surface area contributed by atoms with Crippen molar-refractivity contribution in [2.45, 2.75) is 56.7 Å². The molecule has 1 heterocycles. The number of benzene rings is 1. The molecule has 0 aromatic heterocycles. The van der Waals surface area contributed by atoms with E-state index < -0.39 is 10.0 Å². The van der Waals surface area contributed by atoms with E-state index >= 15 is 0 Å². The summed E-state index contributed by atoms with van der Waals surface area (Å²) >= 11 is 0. The van der Waals surface area contributed by atoms with Crippen LogP contribution in [0, 0.1) is 0 Å². The van der Waals surface area contributed by atoms with Crippen molar-refractivity contribution >= 4 is 15.9 Å². The van der Waals surface area contributed by atoms with Crippen molar-refractivity contribution < 1.29 is 13.2 Å². The number of amides is 1. The Balaban J connectivity index is 1.70. The standard InChI is InChI=1S/C19H31N3O3S/c20-13-7-2-1-6-10-19(23)21-18-11-14-22(15-12-18)26(24,25)16-17-8-4-3-5-9-17/h3-5,8-9,18H,1-2,6-7,10-16,20H2,(H,21,23). The smallest absolute Gasteiger partial charge is 0.220 e. The Morgan fingerprint density at radius 3 is 2.38 bits per heavy atom. The summed E-state index contributed by atoms with van der Waals surface area (Å²) in [6.45, 7) is 1.64. The van der Waals surface area contributed by atoms with Crippen molar-refractivity contribution in [2.75, 3.05) is 19.6 Å². The Hall–Kier alpha value is -1.44. The van der Waals surface area contributed by atoms with Gasteiger partial charge in [-0.05, 0) is 37.8 Å². The van der Waals surface area contributed by atoms with Crippen LogP contribution in [0.25, 0.3) is 0 Å². The monoisotopic (exact) mass is 381 g/mol. The Morgan fingerprint density at radius 2 is 1.73 bits per heavy atom. The van der Waals surface area contributed by atoms with Crippen molar-refractivity contribution in [3.63, 3.8) is 0 Å². The first-order valence-electron chi connectivity index (χ1n) is 9.52. The van der Waals surface area contributed by atoms with E-state index in [1.807, 2.05) is 30.3 Å². The predicted octanol–water partition coefficient (Wildman–Crippen LogP) is 2.01. The van der Waals surface area contributed by atoms with Gasteiger partial charge in [0.15, 0.2) is 0 Å². The molecule has 2 rings (SSSR count). The van der Waals surface area contributed by atoms with E-state index in [1.165, 1.54) is 0 Å². The molecule has 1 amide bonds. The number of carbonyl (C=O) groups excluding carboxylic acids is 1. The van der Waals surface area contributed by atoms with Crippen LogP contribution in [0.1, 0.15) is 50.5 Å². The summed E-state index contributed by atoms with van der Waals surface area (Å²) in [5.74, 6) is 0.108. The number of carbonyl (C=O) groups is 1. The summed E-state index contributed by atoms with van der Waals surface area (Å²) in [6, 6.07) is 9.32. The molecule has 0 aliphatic carbocycles. The number of rotatable bonds is 10. The second kappa shape index (κ2) is 10.6. The summed E-state index contributed by atoms with van der Waals surface area (Å²) in [5, 5.41) is 3.05. The van der Waals surface area contributed by atoms with E-state index in [4.69, 9.17) is 5.73 Å². The van der Waals surface area contributed by atoms with Crippen molar-refractivity contribution in [1.82, 2.24) is 9.62 Å². The number of hydrogen-bond acceptors (Lipinski definition) is 4. The highest BCUT2D eigenvalue weighted by molar-refractivity contribution is 7.88. The summed E-state index contributed by atoms with van der Waals surface area (Å²) in [6.07, 6.45) is 5.88. The first kappa shape index (κ1) is 20.9. The van der Waals surface area contributed by atoms with E-state index in [-0.39, 0.29) is 17.7 Å². The van der Waals surface area contributed by atoms with Gasteiger partial charge in [-0.3, -0.25) is 4.79 Å². The van der Waals surface area contributed by atoms with Crippen LogP contribution >= 0.6 is 0 Å². The molecule has 1 fully saturated rings. The van der Waals surface area contributed by atoms with Gasteiger partial charge in [-0.15, -0.1) is 0 Å². The van der Waals surface area contributed by atoms with Gasteiger partial charge in [0.2, 0.25) is 15.9 Å². The lowest BCUT2D eigenvalue weighted by Crippen LogP contribution is -2.46. The van der Waals surface area contributed by atoms with Crippen LogP contribution in [0.4, 0.5) is 0 Å². The number of nitrogens with one attached hydrogen (secondary N) is 1. The maximum Gasteiger partial charge on any atom is 0.220 e.